The maximum atomic E-state index is 5.83. The Balaban J connectivity index is 3.23. The fraction of sp³-hybridized carbons (Fsp3) is 0.455. The van der Waals surface area contributed by atoms with Gasteiger partial charge in [-0.3, -0.25) is 0 Å². The van der Waals surface area contributed by atoms with Gasteiger partial charge in [0.2, 0.25) is 0 Å². The van der Waals surface area contributed by atoms with E-state index in [0.29, 0.717) is 0 Å². The Morgan fingerprint density at radius 1 is 1.14 bits per heavy atom. The van der Waals surface area contributed by atoms with Crippen molar-refractivity contribution >= 4 is 0 Å². The quantitative estimate of drug-likeness (QED) is 0.802. The third kappa shape index (κ3) is 1.99. The van der Waals surface area contributed by atoms with Crippen LogP contribution in [-0.2, 0) is 0 Å². The van der Waals surface area contributed by atoms with Crippen LogP contribution < -0.4 is 15.2 Å². The van der Waals surface area contributed by atoms with E-state index in [1.54, 1.807) is 14.2 Å². The van der Waals surface area contributed by atoms with Crippen LogP contribution in [0.5, 0.6) is 11.5 Å². The summed E-state index contributed by atoms with van der Waals surface area (Å²) in [7, 11) is 3.25. The Morgan fingerprint density at radius 2 is 1.64 bits per heavy atom. The molecule has 78 valence electrons. The van der Waals surface area contributed by atoms with Crippen LogP contribution in [0, 0.1) is 6.92 Å². The molecule has 1 atom stereocenters. The summed E-state index contributed by atoms with van der Waals surface area (Å²) in [6.45, 7) is 3.97. The summed E-state index contributed by atoms with van der Waals surface area (Å²) in [5, 5.41) is 0. The van der Waals surface area contributed by atoms with Crippen LogP contribution in [-0.4, -0.2) is 14.2 Å². The Bertz CT molecular complexity index is 321. The molecule has 0 unspecified atom stereocenters. The minimum Gasteiger partial charge on any atom is -0.493 e. The van der Waals surface area contributed by atoms with Crippen molar-refractivity contribution in [3.05, 3.63) is 23.3 Å². The SMILES string of the molecule is COc1cc(C)c([C@H](C)N)cc1OC. The maximum absolute atomic E-state index is 5.83. The van der Waals surface area contributed by atoms with E-state index in [1.165, 1.54) is 0 Å². The summed E-state index contributed by atoms with van der Waals surface area (Å²) in [4.78, 5) is 0. The van der Waals surface area contributed by atoms with E-state index in [4.69, 9.17) is 15.2 Å². The number of methoxy groups -OCH3 is 2. The molecule has 14 heavy (non-hydrogen) atoms. The van der Waals surface area contributed by atoms with Crippen molar-refractivity contribution in [2.24, 2.45) is 5.73 Å². The zero-order valence-electron chi connectivity index (χ0n) is 9.13. The molecule has 0 bridgehead atoms. The van der Waals surface area contributed by atoms with E-state index in [2.05, 4.69) is 0 Å². The smallest absolute Gasteiger partial charge is 0.161 e. The molecule has 1 aromatic carbocycles. The van der Waals surface area contributed by atoms with E-state index in [9.17, 15) is 0 Å². The molecule has 0 aliphatic rings. The fourth-order valence-electron chi connectivity index (χ4n) is 1.49. The average Bonchev–Trinajstić information content (AvgIpc) is 2.16. The number of aryl methyl sites for hydroxylation is 1. The predicted octanol–water partition coefficient (Wildman–Crippen LogP) is 2.03. The number of benzene rings is 1. The standard InChI is InChI=1S/C11H17NO2/c1-7-5-10(13-3)11(14-4)6-9(7)8(2)12/h5-6,8H,12H2,1-4H3/t8-/m0/s1. The Hall–Kier alpha value is -1.22. The maximum Gasteiger partial charge on any atom is 0.161 e. The van der Waals surface area contributed by atoms with E-state index < -0.39 is 0 Å². The van der Waals surface area contributed by atoms with Gasteiger partial charge in [-0.25, -0.2) is 0 Å². The third-order valence-electron chi connectivity index (χ3n) is 2.26. The molecule has 0 aliphatic carbocycles. The summed E-state index contributed by atoms with van der Waals surface area (Å²) >= 11 is 0. The molecule has 0 saturated heterocycles. The molecule has 0 radical (unpaired) electrons. The average molecular weight is 195 g/mol. The van der Waals surface area contributed by atoms with Gasteiger partial charge in [0.25, 0.3) is 0 Å². The van der Waals surface area contributed by atoms with E-state index in [0.717, 1.165) is 22.6 Å². The lowest BCUT2D eigenvalue weighted by molar-refractivity contribution is 0.354. The highest BCUT2D eigenvalue weighted by molar-refractivity contribution is 5.47. The molecule has 0 heterocycles. The van der Waals surface area contributed by atoms with Crippen LogP contribution in [0.1, 0.15) is 24.1 Å². The van der Waals surface area contributed by atoms with Crippen LogP contribution in [0.3, 0.4) is 0 Å². The van der Waals surface area contributed by atoms with E-state index >= 15 is 0 Å². The minimum atomic E-state index is 0.00908. The topological polar surface area (TPSA) is 44.5 Å². The van der Waals surface area contributed by atoms with Gasteiger partial charge in [0.05, 0.1) is 14.2 Å². The van der Waals surface area contributed by atoms with Gasteiger partial charge in [0.15, 0.2) is 11.5 Å². The number of rotatable bonds is 3. The van der Waals surface area contributed by atoms with Crippen LogP contribution in [0.15, 0.2) is 12.1 Å². The number of ether oxygens (including phenoxy) is 2. The van der Waals surface area contributed by atoms with Gasteiger partial charge in [0, 0.05) is 6.04 Å². The molecule has 3 heteroatoms. The lowest BCUT2D eigenvalue weighted by Gasteiger charge is -2.14. The van der Waals surface area contributed by atoms with Crippen molar-refractivity contribution in [3.63, 3.8) is 0 Å². The molecule has 0 aromatic heterocycles. The highest BCUT2D eigenvalue weighted by Gasteiger charge is 2.10. The summed E-state index contributed by atoms with van der Waals surface area (Å²) in [6.07, 6.45) is 0. The lowest BCUT2D eigenvalue weighted by atomic mass is 10.0. The first-order valence-electron chi connectivity index (χ1n) is 4.58. The van der Waals surface area contributed by atoms with Gasteiger partial charge in [-0.1, -0.05) is 0 Å². The molecule has 0 spiro atoms. The van der Waals surface area contributed by atoms with E-state index in [-0.39, 0.29) is 6.04 Å². The van der Waals surface area contributed by atoms with Gasteiger partial charge in [-0.15, -0.1) is 0 Å². The van der Waals surface area contributed by atoms with Gasteiger partial charge in [0.1, 0.15) is 0 Å². The van der Waals surface area contributed by atoms with Crippen molar-refractivity contribution < 1.29 is 9.47 Å². The first kappa shape index (κ1) is 10.9. The molecular weight excluding hydrogens is 178 g/mol. The van der Waals surface area contributed by atoms with Crippen molar-refractivity contribution in [3.8, 4) is 11.5 Å². The normalized spacial score (nSPS) is 12.4. The molecule has 0 fully saturated rings. The van der Waals surface area contributed by atoms with Gasteiger partial charge < -0.3 is 15.2 Å². The molecule has 0 saturated carbocycles. The largest absolute Gasteiger partial charge is 0.493 e. The first-order valence-corrected chi connectivity index (χ1v) is 4.58. The summed E-state index contributed by atoms with van der Waals surface area (Å²) < 4.78 is 10.4. The van der Waals surface area contributed by atoms with Crippen LogP contribution in [0.2, 0.25) is 0 Å². The van der Waals surface area contributed by atoms with Gasteiger partial charge in [-0.2, -0.15) is 0 Å². The fourth-order valence-corrected chi connectivity index (χ4v) is 1.49. The third-order valence-corrected chi connectivity index (χ3v) is 2.26. The van der Waals surface area contributed by atoms with Crippen molar-refractivity contribution in [2.75, 3.05) is 14.2 Å². The Kier molecular flexibility index (Phi) is 3.36. The number of hydrogen-bond donors (Lipinski definition) is 1. The molecule has 3 nitrogen and oxygen atoms in total. The van der Waals surface area contributed by atoms with Crippen molar-refractivity contribution in [1.29, 1.82) is 0 Å². The molecule has 1 rings (SSSR count). The number of hydrogen-bond acceptors (Lipinski definition) is 3. The second kappa shape index (κ2) is 4.33. The zero-order chi connectivity index (χ0) is 10.7. The molecule has 0 aliphatic heterocycles. The first-order chi connectivity index (χ1) is 6.60. The van der Waals surface area contributed by atoms with Crippen molar-refractivity contribution in [1.82, 2.24) is 0 Å². The van der Waals surface area contributed by atoms with Crippen LogP contribution in [0.4, 0.5) is 0 Å². The van der Waals surface area contributed by atoms with Crippen LogP contribution in [0.25, 0.3) is 0 Å². The molecule has 0 amide bonds. The van der Waals surface area contributed by atoms with Crippen LogP contribution >= 0.6 is 0 Å². The predicted molar refractivity (Wildman–Crippen MR) is 56.9 cm³/mol. The Labute approximate surface area is 84.8 Å². The number of nitrogens with two attached hydrogens (primary N) is 1. The zero-order valence-corrected chi connectivity index (χ0v) is 9.13. The minimum absolute atomic E-state index is 0.00908. The second-order valence-corrected chi connectivity index (χ2v) is 3.35. The second-order valence-electron chi connectivity index (χ2n) is 3.35. The highest BCUT2D eigenvalue weighted by Crippen LogP contribution is 2.32. The molecule has 2 N–H and O–H groups in total. The van der Waals surface area contributed by atoms with E-state index in [1.807, 2.05) is 26.0 Å². The highest BCUT2D eigenvalue weighted by atomic mass is 16.5. The van der Waals surface area contributed by atoms with Gasteiger partial charge >= 0.3 is 0 Å². The van der Waals surface area contributed by atoms with Crippen molar-refractivity contribution in [2.45, 2.75) is 19.9 Å². The monoisotopic (exact) mass is 195 g/mol. The molecule has 1 aromatic rings. The summed E-state index contributed by atoms with van der Waals surface area (Å²) in [6, 6.07) is 3.88. The van der Waals surface area contributed by atoms with Gasteiger partial charge in [-0.05, 0) is 37.1 Å². The lowest BCUT2D eigenvalue weighted by Crippen LogP contribution is -2.07. The molecular formula is C11H17NO2. The summed E-state index contributed by atoms with van der Waals surface area (Å²) in [5.41, 5.74) is 8.04. The summed E-state index contributed by atoms with van der Waals surface area (Å²) in [5.74, 6) is 1.47. The Morgan fingerprint density at radius 3 is 2.07 bits per heavy atom.